The van der Waals surface area contributed by atoms with Gasteiger partial charge in [0.05, 0.1) is 11.6 Å². The summed E-state index contributed by atoms with van der Waals surface area (Å²) in [6.45, 7) is 0. The quantitative estimate of drug-likeness (QED) is 0.705. The first-order chi connectivity index (χ1) is 9.61. The summed E-state index contributed by atoms with van der Waals surface area (Å²) in [6.07, 6.45) is 5.63. The normalized spacial score (nSPS) is 17.2. The summed E-state index contributed by atoms with van der Waals surface area (Å²) >= 11 is 5.57. The van der Waals surface area contributed by atoms with Gasteiger partial charge in [0.25, 0.3) is 5.91 Å². The summed E-state index contributed by atoms with van der Waals surface area (Å²) in [4.78, 5) is 12.3. The topological polar surface area (TPSA) is 52.9 Å². The number of halogens is 2. The van der Waals surface area contributed by atoms with Crippen molar-refractivity contribution in [1.82, 2.24) is 5.32 Å². The summed E-state index contributed by atoms with van der Waals surface area (Å²) < 4.78 is 1.76. The fourth-order valence-electron chi connectivity index (χ4n) is 2.61. The highest BCUT2D eigenvalue weighted by atomic mass is 127. The molecule has 0 aliphatic heterocycles. The Labute approximate surface area is 141 Å². The third-order valence-corrected chi connectivity index (χ3v) is 5.08. The molecular formula is C15H16BrIN2O. The van der Waals surface area contributed by atoms with E-state index < -0.39 is 0 Å². The van der Waals surface area contributed by atoms with E-state index in [1.807, 2.05) is 18.2 Å². The SMILES string of the molecule is N#CC(NC(=O)c1cc(I)ccc1Br)C1CCCCC1. The Balaban J connectivity index is 2.09. The molecule has 0 radical (unpaired) electrons. The van der Waals surface area contributed by atoms with Crippen molar-refractivity contribution in [2.24, 2.45) is 5.92 Å². The van der Waals surface area contributed by atoms with Gasteiger partial charge in [0.1, 0.15) is 6.04 Å². The van der Waals surface area contributed by atoms with E-state index in [0.29, 0.717) is 11.5 Å². The van der Waals surface area contributed by atoms with Crippen molar-refractivity contribution < 1.29 is 4.79 Å². The van der Waals surface area contributed by atoms with Crippen LogP contribution in [0.1, 0.15) is 42.5 Å². The lowest BCUT2D eigenvalue weighted by Gasteiger charge is -2.26. The smallest absolute Gasteiger partial charge is 0.253 e. The van der Waals surface area contributed by atoms with E-state index in [4.69, 9.17) is 0 Å². The summed E-state index contributed by atoms with van der Waals surface area (Å²) in [5.74, 6) is 0.117. The molecule has 1 N–H and O–H groups in total. The molecule has 2 rings (SSSR count). The van der Waals surface area contributed by atoms with Crippen LogP contribution in [0.15, 0.2) is 22.7 Å². The minimum Gasteiger partial charge on any atom is -0.336 e. The maximum Gasteiger partial charge on any atom is 0.253 e. The number of nitrogens with zero attached hydrogens (tertiary/aromatic N) is 1. The zero-order valence-corrected chi connectivity index (χ0v) is 14.8. The van der Waals surface area contributed by atoms with Gasteiger partial charge in [-0.3, -0.25) is 4.79 Å². The van der Waals surface area contributed by atoms with Gasteiger partial charge in [-0.05, 0) is 75.5 Å². The summed E-state index contributed by atoms with van der Waals surface area (Å²) in [5.41, 5.74) is 0.591. The number of rotatable bonds is 3. The monoisotopic (exact) mass is 446 g/mol. The van der Waals surface area contributed by atoms with Crippen molar-refractivity contribution in [2.45, 2.75) is 38.1 Å². The van der Waals surface area contributed by atoms with Gasteiger partial charge in [-0.15, -0.1) is 0 Å². The molecule has 0 bridgehead atoms. The van der Waals surface area contributed by atoms with Crippen LogP contribution >= 0.6 is 38.5 Å². The van der Waals surface area contributed by atoms with Gasteiger partial charge in [-0.2, -0.15) is 5.26 Å². The lowest BCUT2D eigenvalue weighted by atomic mass is 9.84. The molecule has 1 amide bonds. The van der Waals surface area contributed by atoms with Crippen molar-refractivity contribution in [1.29, 1.82) is 5.26 Å². The van der Waals surface area contributed by atoms with E-state index in [0.717, 1.165) is 33.7 Å². The van der Waals surface area contributed by atoms with Gasteiger partial charge in [0, 0.05) is 8.04 Å². The Morgan fingerprint density at radius 1 is 1.40 bits per heavy atom. The second-order valence-corrected chi connectivity index (χ2v) is 7.20. The molecule has 1 aromatic rings. The highest BCUT2D eigenvalue weighted by Gasteiger charge is 2.25. The molecule has 1 aliphatic carbocycles. The van der Waals surface area contributed by atoms with Crippen molar-refractivity contribution in [3.05, 3.63) is 31.8 Å². The molecule has 0 heterocycles. The minimum atomic E-state index is -0.382. The van der Waals surface area contributed by atoms with Crippen LogP contribution in [0.5, 0.6) is 0 Å². The lowest BCUT2D eigenvalue weighted by Crippen LogP contribution is -2.40. The molecule has 1 atom stereocenters. The van der Waals surface area contributed by atoms with Crippen molar-refractivity contribution in [3.8, 4) is 6.07 Å². The maximum atomic E-state index is 12.3. The fourth-order valence-corrected chi connectivity index (χ4v) is 3.53. The second-order valence-electron chi connectivity index (χ2n) is 5.10. The molecule has 5 heteroatoms. The number of nitriles is 1. The molecule has 20 heavy (non-hydrogen) atoms. The maximum absolute atomic E-state index is 12.3. The molecule has 106 valence electrons. The Morgan fingerprint density at radius 3 is 2.75 bits per heavy atom. The van der Waals surface area contributed by atoms with Crippen LogP contribution in [-0.2, 0) is 0 Å². The van der Waals surface area contributed by atoms with Crippen LogP contribution < -0.4 is 5.32 Å². The molecule has 1 aliphatic rings. The standard InChI is InChI=1S/C15H16BrIN2O/c16-13-7-6-11(17)8-12(13)15(20)19-14(9-18)10-4-2-1-3-5-10/h6-8,10,14H,1-5H2,(H,19,20). The average Bonchev–Trinajstić information content (AvgIpc) is 2.48. The Hall–Kier alpha value is -0.610. The van der Waals surface area contributed by atoms with E-state index in [9.17, 15) is 10.1 Å². The number of hydrogen-bond donors (Lipinski definition) is 1. The Kier molecular flexibility index (Phi) is 5.85. The number of amides is 1. The second kappa shape index (κ2) is 7.41. The van der Waals surface area contributed by atoms with Gasteiger partial charge >= 0.3 is 0 Å². The van der Waals surface area contributed by atoms with Crippen LogP contribution in [0.4, 0.5) is 0 Å². The molecular weight excluding hydrogens is 431 g/mol. The van der Waals surface area contributed by atoms with Crippen molar-refractivity contribution in [3.63, 3.8) is 0 Å². The van der Waals surface area contributed by atoms with Crippen LogP contribution in [0.3, 0.4) is 0 Å². The van der Waals surface area contributed by atoms with E-state index in [-0.39, 0.29) is 11.9 Å². The molecule has 0 saturated heterocycles. The van der Waals surface area contributed by atoms with Crippen LogP contribution in [0.25, 0.3) is 0 Å². The van der Waals surface area contributed by atoms with Crippen LogP contribution in [-0.4, -0.2) is 11.9 Å². The number of nitrogens with one attached hydrogen (secondary N) is 1. The van der Waals surface area contributed by atoms with Gasteiger partial charge in [0.15, 0.2) is 0 Å². The molecule has 1 aromatic carbocycles. The lowest BCUT2D eigenvalue weighted by molar-refractivity contribution is 0.0928. The summed E-state index contributed by atoms with van der Waals surface area (Å²) in [7, 11) is 0. The van der Waals surface area contributed by atoms with Crippen molar-refractivity contribution in [2.75, 3.05) is 0 Å². The number of carbonyl (C=O) groups is 1. The fraction of sp³-hybridized carbons (Fsp3) is 0.467. The Morgan fingerprint density at radius 2 is 2.10 bits per heavy atom. The number of benzene rings is 1. The first kappa shape index (κ1) is 15.8. The van der Waals surface area contributed by atoms with E-state index >= 15 is 0 Å². The van der Waals surface area contributed by atoms with Crippen LogP contribution in [0, 0.1) is 20.8 Å². The van der Waals surface area contributed by atoms with Gasteiger partial charge in [-0.25, -0.2) is 0 Å². The predicted octanol–water partition coefficient (Wildman–Crippen LogP) is 4.26. The third-order valence-electron chi connectivity index (χ3n) is 3.72. The Bertz CT molecular complexity index is 535. The minimum absolute atomic E-state index is 0.174. The highest BCUT2D eigenvalue weighted by Crippen LogP contribution is 2.27. The molecule has 0 aromatic heterocycles. The molecule has 1 saturated carbocycles. The largest absolute Gasteiger partial charge is 0.336 e. The molecule has 1 fully saturated rings. The molecule has 0 spiro atoms. The van der Waals surface area contributed by atoms with Gasteiger partial charge in [-0.1, -0.05) is 19.3 Å². The molecule has 3 nitrogen and oxygen atoms in total. The summed E-state index contributed by atoms with van der Waals surface area (Å²) in [5, 5.41) is 12.2. The first-order valence-electron chi connectivity index (χ1n) is 6.77. The predicted molar refractivity (Wildman–Crippen MR) is 90.3 cm³/mol. The van der Waals surface area contributed by atoms with E-state index in [1.54, 1.807) is 0 Å². The van der Waals surface area contributed by atoms with Gasteiger partial charge < -0.3 is 5.32 Å². The number of carbonyl (C=O) groups excluding carboxylic acids is 1. The first-order valence-corrected chi connectivity index (χ1v) is 8.64. The summed E-state index contributed by atoms with van der Waals surface area (Å²) in [6, 6.07) is 7.50. The van der Waals surface area contributed by atoms with Crippen molar-refractivity contribution >= 4 is 44.4 Å². The zero-order chi connectivity index (χ0) is 14.5. The van der Waals surface area contributed by atoms with E-state index in [2.05, 4.69) is 49.9 Å². The third kappa shape index (κ3) is 3.95. The van der Waals surface area contributed by atoms with Gasteiger partial charge in [0.2, 0.25) is 0 Å². The van der Waals surface area contributed by atoms with Crippen LogP contribution in [0.2, 0.25) is 0 Å². The van der Waals surface area contributed by atoms with E-state index in [1.165, 1.54) is 6.42 Å². The average molecular weight is 447 g/mol. The zero-order valence-electron chi connectivity index (χ0n) is 11.0. The molecule has 1 unspecified atom stereocenters. The highest BCUT2D eigenvalue weighted by molar-refractivity contribution is 14.1. The number of hydrogen-bond acceptors (Lipinski definition) is 2.